The first-order valence-electron chi connectivity index (χ1n) is 16.8. The average Bonchev–Trinajstić information content (AvgIpc) is 3.51. The molecule has 2 aromatic carbocycles. The third-order valence-corrected chi connectivity index (χ3v) is 10.7. The summed E-state index contributed by atoms with van der Waals surface area (Å²) in [4.78, 5) is 34.0. The van der Waals surface area contributed by atoms with E-state index in [0.29, 0.717) is 93.6 Å². The quantitative estimate of drug-likeness (QED) is 0.122. The highest BCUT2D eigenvalue weighted by Crippen LogP contribution is 2.43. The number of halogens is 3. The van der Waals surface area contributed by atoms with E-state index in [2.05, 4.69) is 16.0 Å². The molecule has 51 heavy (non-hydrogen) atoms. The summed E-state index contributed by atoms with van der Waals surface area (Å²) in [5.74, 6) is 0.445. The zero-order valence-corrected chi connectivity index (χ0v) is 30.4. The Bertz CT molecular complexity index is 2200. The van der Waals surface area contributed by atoms with Crippen LogP contribution < -0.4 is 26.2 Å². The minimum Gasteiger partial charge on any atom is -0.481 e. The highest BCUT2D eigenvalue weighted by molar-refractivity contribution is 6.39. The van der Waals surface area contributed by atoms with Crippen molar-refractivity contribution >= 4 is 46.4 Å². The molecule has 264 valence electrons. The summed E-state index contributed by atoms with van der Waals surface area (Å²) in [6.45, 7) is 3.28. The van der Waals surface area contributed by atoms with E-state index in [9.17, 15) is 14.7 Å². The molecule has 0 bridgehead atoms. The van der Waals surface area contributed by atoms with Crippen LogP contribution in [0.3, 0.4) is 0 Å². The van der Waals surface area contributed by atoms with Gasteiger partial charge in [-0.05, 0) is 49.9 Å². The van der Waals surface area contributed by atoms with E-state index in [4.69, 9.17) is 49.5 Å². The predicted octanol–water partition coefficient (Wildman–Crippen LogP) is 6.43. The molecule has 2 fully saturated rings. The molecule has 1 saturated carbocycles. The number of nitrogens with one attached hydrogen (secondary N) is 3. The highest BCUT2D eigenvalue weighted by atomic mass is 35.5. The lowest BCUT2D eigenvalue weighted by molar-refractivity contribution is -0.119. The lowest BCUT2D eigenvalue weighted by Crippen LogP contribution is -2.51. The Labute approximate surface area is 310 Å². The summed E-state index contributed by atoms with van der Waals surface area (Å²) in [6.07, 6.45) is 4.36. The van der Waals surface area contributed by atoms with E-state index >= 15 is 0 Å². The number of fused-ring (bicyclic) bond motifs is 1. The molecule has 10 nitrogen and oxygen atoms in total. The molecule has 5 aromatic rings. The van der Waals surface area contributed by atoms with Crippen molar-refractivity contribution in [3.8, 4) is 39.4 Å². The number of rotatable bonds is 11. The van der Waals surface area contributed by atoms with Crippen LogP contribution in [0.4, 0.5) is 0 Å². The first kappa shape index (κ1) is 35.4. The number of aliphatic hydroxyl groups is 1. The second-order valence-electron chi connectivity index (χ2n) is 13.5. The van der Waals surface area contributed by atoms with Gasteiger partial charge in [0.05, 0.1) is 39.2 Å². The molecule has 2 aliphatic rings. The summed E-state index contributed by atoms with van der Waals surface area (Å²) in [6, 6.07) is 18.7. The fourth-order valence-corrected chi connectivity index (χ4v) is 7.81. The summed E-state index contributed by atoms with van der Waals surface area (Å²) in [7, 11) is 1.55. The number of amides is 1. The minimum absolute atomic E-state index is 0.0685. The molecule has 1 aliphatic carbocycles. The normalized spacial score (nSPS) is 20.0. The van der Waals surface area contributed by atoms with Gasteiger partial charge in [0.2, 0.25) is 11.8 Å². The number of benzene rings is 2. The maximum absolute atomic E-state index is 12.9. The number of hydrogen-bond acceptors (Lipinski definition) is 8. The van der Waals surface area contributed by atoms with Crippen molar-refractivity contribution in [3.63, 3.8) is 0 Å². The van der Waals surface area contributed by atoms with Gasteiger partial charge in [0.15, 0.2) is 0 Å². The summed E-state index contributed by atoms with van der Waals surface area (Å²) >= 11 is 21.0. The fourth-order valence-electron chi connectivity index (χ4n) is 6.89. The maximum atomic E-state index is 12.9. The van der Waals surface area contributed by atoms with E-state index in [1.54, 1.807) is 19.4 Å². The highest BCUT2D eigenvalue weighted by Gasteiger charge is 2.37. The molecule has 4 heterocycles. The van der Waals surface area contributed by atoms with Crippen LogP contribution in [0, 0.1) is 0 Å². The Morgan fingerprint density at radius 3 is 2.35 bits per heavy atom. The van der Waals surface area contributed by atoms with E-state index < -0.39 is 5.60 Å². The number of ether oxygens (including phenoxy) is 1. The molecule has 1 aliphatic heterocycles. The Morgan fingerprint density at radius 2 is 1.67 bits per heavy atom. The third-order valence-electron chi connectivity index (χ3n) is 9.54. The first-order valence-corrected chi connectivity index (χ1v) is 17.9. The third kappa shape index (κ3) is 7.48. The molecular weight excluding hydrogens is 711 g/mol. The van der Waals surface area contributed by atoms with E-state index in [1.807, 2.05) is 55.5 Å². The van der Waals surface area contributed by atoms with Crippen LogP contribution in [0.15, 0.2) is 71.7 Å². The SMILES string of the molecule is COc1nc(-c2cccc(-c3cccc(-c4ccn5c(=O)cc(CNC6CC(C)(O)C6)nc5c4)c3Cl)c2Cl)cc(Cl)c1CNCC1CCC(=O)N1. The van der Waals surface area contributed by atoms with Crippen molar-refractivity contribution in [2.45, 2.75) is 63.4 Å². The molecule has 1 unspecified atom stereocenters. The number of carbonyl (C=O) groups excluding carboxylic acids is 1. The second kappa shape index (κ2) is 14.5. The second-order valence-corrected chi connectivity index (χ2v) is 14.6. The molecule has 1 saturated heterocycles. The largest absolute Gasteiger partial charge is 0.481 e. The number of pyridine rings is 2. The Balaban J connectivity index is 1.15. The monoisotopic (exact) mass is 746 g/mol. The Hall–Kier alpha value is -4.03. The molecule has 4 N–H and O–H groups in total. The van der Waals surface area contributed by atoms with Gasteiger partial charge in [-0.2, -0.15) is 0 Å². The number of methoxy groups -OCH3 is 1. The van der Waals surface area contributed by atoms with E-state index in [1.165, 1.54) is 10.5 Å². The molecule has 3 aromatic heterocycles. The van der Waals surface area contributed by atoms with Gasteiger partial charge >= 0.3 is 0 Å². The minimum atomic E-state index is -0.637. The number of carbonyl (C=O) groups is 1. The van der Waals surface area contributed by atoms with Crippen LogP contribution in [-0.4, -0.2) is 56.7 Å². The van der Waals surface area contributed by atoms with Gasteiger partial charge in [-0.15, -0.1) is 0 Å². The van der Waals surface area contributed by atoms with Crippen LogP contribution in [0.25, 0.3) is 39.2 Å². The van der Waals surface area contributed by atoms with Crippen LogP contribution in [0.1, 0.15) is 43.9 Å². The van der Waals surface area contributed by atoms with Gasteiger partial charge in [0.1, 0.15) is 5.65 Å². The summed E-state index contributed by atoms with van der Waals surface area (Å²) < 4.78 is 7.14. The Kier molecular flexibility index (Phi) is 10.1. The molecule has 7 rings (SSSR count). The van der Waals surface area contributed by atoms with Crippen molar-refractivity contribution in [1.82, 2.24) is 30.3 Å². The van der Waals surface area contributed by atoms with Gasteiger partial charge in [0, 0.05) is 78.2 Å². The number of aromatic nitrogens is 3. The van der Waals surface area contributed by atoms with Gasteiger partial charge in [-0.25, -0.2) is 9.97 Å². The Morgan fingerprint density at radius 1 is 0.961 bits per heavy atom. The molecule has 1 amide bonds. The number of nitrogens with zero attached hydrogens (tertiary/aromatic N) is 3. The molecule has 1 atom stereocenters. The van der Waals surface area contributed by atoms with Gasteiger partial charge in [-0.1, -0.05) is 71.2 Å². The van der Waals surface area contributed by atoms with E-state index in [0.717, 1.165) is 23.1 Å². The standard InChI is InChI=1S/C38H37Cl3N6O4/c1-38(50)16-24(17-38)43-19-23-14-34(49)47-12-11-21(13-32(47)44-23)25-5-3-6-26(35(25)40)27-7-4-8-28(36(27)41)31-15-30(39)29(37(46-31)51-2)20-42-18-22-9-10-33(48)45-22/h3-8,11-15,22,24,42-43,50H,9-10,16-20H2,1-2H3,(H,45,48). The van der Waals surface area contributed by atoms with Crippen LogP contribution in [0.5, 0.6) is 5.88 Å². The summed E-state index contributed by atoms with van der Waals surface area (Å²) in [5, 5.41) is 21.1. The van der Waals surface area contributed by atoms with Gasteiger partial charge in [-0.3, -0.25) is 14.0 Å². The number of hydrogen-bond donors (Lipinski definition) is 4. The van der Waals surface area contributed by atoms with Gasteiger partial charge in [0.25, 0.3) is 5.56 Å². The van der Waals surface area contributed by atoms with Crippen molar-refractivity contribution in [3.05, 3.63) is 104 Å². The smallest absolute Gasteiger partial charge is 0.258 e. The predicted molar refractivity (Wildman–Crippen MR) is 201 cm³/mol. The topological polar surface area (TPSA) is 130 Å². The molecule has 13 heteroatoms. The lowest BCUT2D eigenvalue weighted by Gasteiger charge is -2.41. The van der Waals surface area contributed by atoms with Crippen LogP contribution in [-0.2, 0) is 17.9 Å². The van der Waals surface area contributed by atoms with Crippen molar-refractivity contribution in [2.75, 3.05) is 13.7 Å². The van der Waals surface area contributed by atoms with Crippen LogP contribution >= 0.6 is 34.8 Å². The zero-order chi connectivity index (χ0) is 35.9. The average molecular weight is 748 g/mol. The lowest BCUT2D eigenvalue weighted by atomic mass is 9.77. The van der Waals surface area contributed by atoms with Gasteiger partial charge < -0.3 is 25.8 Å². The molecule has 0 spiro atoms. The maximum Gasteiger partial charge on any atom is 0.258 e. The fraction of sp³-hybridized carbons (Fsp3) is 0.316. The van der Waals surface area contributed by atoms with E-state index in [-0.39, 0.29) is 23.6 Å². The molecular formula is C38H37Cl3N6O4. The van der Waals surface area contributed by atoms with Crippen LogP contribution in [0.2, 0.25) is 15.1 Å². The van der Waals surface area contributed by atoms with Crippen molar-refractivity contribution in [1.29, 1.82) is 0 Å². The first-order chi connectivity index (χ1) is 24.5. The van der Waals surface area contributed by atoms with Crippen molar-refractivity contribution < 1.29 is 14.6 Å². The zero-order valence-electron chi connectivity index (χ0n) is 28.1. The molecule has 0 radical (unpaired) electrons. The van der Waals surface area contributed by atoms with Crippen molar-refractivity contribution in [2.24, 2.45) is 0 Å². The summed E-state index contributed by atoms with van der Waals surface area (Å²) in [5.41, 5.74) is 5.19.